The molecule has 1 aliphatic rings. The number of hydrogen-bond acceptors (Lipinski definition) is 4. The summed E-state index contributed by atoms with van der Waals surface area (Å²) in [6.07, 6.45) is 7.10. The summed E-state index contributed by atoms with van der Waals surface area (Å²) in [6, 6.07) is 12.8. The van der Waals surface area contributed by atoms with Crippen LogP contribution in [0.25, 0.3) is 11.3 Å². The van der Waals surface area contributed by atoms with Gasteiger partial charge >= 0.3 is 0 Å². The van der Waals surface area contributed by atoms with Gasteiger partial charge in [-0.2, -0.15) is 0 Å². The fourth-order valence-electron chi connectivity index (χ4n) is 3.57. The second-order valence-electron chi connectivity index (χ2n) is 7.39. The Morgan fingerprint density at radius 1 is 1.00 bits per heavy atom. The number of hydrogen-bond donors (Lipinski definition) is 0. The number of fused-ring (bicyclic) bond motifs is 1. The maximum atomic E-state index is 4.75. The highest BCUT2D eigenvalue weighted by atomic mass is 15.1. The minimum atomic E-state index is 0.914. The molecular formula is C23H26N4. The predicted molar refractivity (Wildman–Crippen MR) is 108 cm³/mol. The average Bonchev–Trinajstić information content (AvgIpc) is 2.70. The lowest BCUT2D eigenvalue weighted by Gasteiger charge is -2.28. The molecule has 27 heavy (non-hydrogen) atoms. The first-order valence-corrected chi connectivity index (χ1v) is 9.79. The molecule has 3 aromatic rings. The third-order valence-corrected chi connectivity index (χ3v) is 5.11. The zero-order valence-corrected chi connectivity index (χ0v) is 16.2. The number of rotatable bonds is 5. The van der Waals surface area contributed by atoms with Crippen molar-refractivity contribution in [1.82, 2.24) is 19.9 Å². The van der Waals surface area contributed by atoms with Crippen molar-refractivity contribution in [2.24, 2.45) is 0 Å². The van der Waals surface area contributed by atoms with E-state index >= 15 is 0 Å². The van der Waals surface area contributed by atoms with Crippen molar-refractivity contribution in [2.45, 2.75) is 46.2 Å². The summed E-state index contributed by atoms with van der Waals surface area (Å²) in [4.78, 5) is 16.4. The molecule has 4 rings (SSSR count). The monoisotopic (exact) mass is 358 g/mol. The van der Waals surface area contributed by atoms with Gasteiger partial charge in [0.15, 0.2) is 0 Å². The van der Waals surface area contributed by atoms with Crippen molar-refractivity contribution in [3.8, 4) is 11.3 Å². The van der Waals surface area contributed by atoms with Crippen LogP contribution in [0.5, 0.6) is 0 Å². The number of aryl methyl sites for hydroxylation is 2. The minimum absolute atomic E-state index is 0.914. The summed E-state index contributed by atoms with van der Waals surface area (Å²) in [5.41, 5.74) is 7.21. The van der Waals surface area contributed by atoms with Crippen molar-refractivity contribution in [3.05, 3.63) is 77.0 Å². The molecule has 0 atom stereocenters. The number of pyridine rings is 1. The Morgan fingerprint density at radius 3 is 2.59 bits per heavy atom. The average molecular weight is 358 g/mol. The van der Waals surface area contributed by atoms with Crippen LogP contribution in [0.1, 0.15) is 41.6 Å². The molecule has 1 aliphatic heterocycles. The molecule has 0 amide bonds. The van der Waals surface area contributed by atoms with E-state index in [4.69, 9.17) is 4.98 Å². The second kappa shape index (κ2) is 7.97. The Morgan fingerprint density at radius 2 is 1.85 bits per heavy atom. The normalized spacial score (nSPS) is 14.1. The molecule has 0 unspecified atom stereocenters. The molecule has 0 saturated carbocycles. The predicted octanol–water partition coefficient (Wildman–Crippen LogP) is 4.36. The first kappa shape index (κ1) is 17.8. The van der Waals surface area contributed by atoms with Gasteiger partial charge in [-0.05, 0) is 25.0 Å². The molecule has 4 nitrogen and oxygen atoms in total. The molecule has 0 N–H and O–H groups in total. The lowest BCUT2D eigenvalue weighted by molar-refractivity contribution is 0.242. The highest BCUT2D eigenvalue weighted by Crippen LogP contribution is 2.21. The molecular weight excluding hydrogens is 332 g/mol. The summed E-state index contributed by atoms with van der Waals surface area (Å²) >= 11 is 0. The van der Waals surface area contributed by atoms with Crippen LogP contribution in [-0.2, 0) is 25.9 Å². The number of nitrogens with zero attached hydrogens (tertiary/aromatic N) is 4. The summed E-state index contributed by atoms with van der Waals surface area (Å²) < 4.78 is 0. The zero-order valence-electron chi connectivity index (χ0n) is 16.2. The molecule has 1 aromatic carbocycles. The van der Waals surface area contributed by atoms with Gasteiger partial charge in [-0.15, -0.1) is 0 Å². The van der Waals surface area contributed by atoms with Crippen molar-refractivity contribution in [3.63, 3.8) is 0 Å². The van der Waals surface area contributed by atoms with E-state index in [1.165, 1.54) is 27.9 Å². The lowest BCUT2D eigenvalue weighted by Crippen LogP contribution is -2.31. The molecule has 4 heteroatoms. The molecule has 138 valence electrons. The van der Waals surface area contributed by atoms with E-state index in [9.17, 15) is 0 Å². The van der Waals surface area contributed by atoms with E-state index in [2.05, 4.69) is 65.1 Å². The SMILES string of the molecule is CCCc1ncc2c(n1)CCN(Cc1ccc(-c3ccc(C)cc3)nc1)C2. The standard InChI is InChI=1S/C23H26N4/c1-3-4-23-25-14-20-16-27(12-11-22(20)26-23)15-18-7-10-21(24-13-18)19-8-5-17(2)6-9-19/h5-10,13-14H,3-4,11-12,15-16H2,1-2H3. The first-order chi connectivity index (χ1) is 13.2. The van der Waals surface area contributed by atoms with Crippen LogP contribution in [0, 0.1) is 6.92 Å². The van der Waals surface area contributed by atoms with E-state index in [0.29, 0.717) is 0 Å². The lowest BCUT2D eigenvalue weighted by atomic mass is 10.1. The molecule has 3 heterocycles. The maximum absolute atomic E-state index is 4.75. The largest absolute Gasteiger partial charge is 0.294 e. The van der Waals surface area contributed by atoms with Gasteiger partial charge in [0, 0.05) is 61.7 Å². The fraction of sp³-hybridized carbons (Fsp3) is 0.348. The third-order valence-electron chi connectivity index (χ3n) is 5.11. The highest BCUT2D eigenvalue weighted by Gasteiger charge is 2.18. The van der Waals surface area contributed by atoms with Crippen LogP contribution in [0.3, 0.4) is 0 Å². The van der Waals surface area contributed by atoms with Gasteiger partial charge in [0.2, 0.25) is 0 Å². The van der Waals surface area contributed by atoms with Crippen LogP contribution in [0.4, 0.5) is 0 Å². The fourth-order valence-corrected chi connectivity index (χ4v) is 3.57. The van der Waals surface area contributed by atoms with Crippen LogP contribution < -0.4 is 0 Å². The minimum Gasteiger partial charge on any atom is -0.294 e. The number of aromatic nitrogens is 3. The summed E-state index contributed by atoms with van der Waals surface area (Å²) in [5, 5.41) is 0. The Kier molecular flexibility index (Phi) is 5.26. The van der Waals surface area contributed by atoms with Crippen molar-refractivity contribution in [1.29, 1.82) is 0 Å². The second-order valence-corrected chi connectivity index (χ2v) is 7.39. The van der Waals surface area contributed by atoms with Crippen LogP contribution >= 0.6 is 0 Å². The molecule has 0 saturated heterocycles. The molecule has 0 aliphatic carbocycles. The van der Waals surface area contributed by atoms with Crippen LogP contribution in [0.15, 0.2) is 48.8 Å². The molecule has 0 radical (unpaired) electrons. The summed E-state index contributed by atoms with van der Waals surface area (Å²) in [5.74, 6) is 0.987. The van der Waals surface area contributed by atoms with Gasteiger partial charge in [0.1, 0.15) is 5.82 Å². The molecule has 2 aromatic heterocycles. The Hall–Kier alpha value is -2.59. The van der Waals surface area contributed by atoms with Gasteiger partial charge in [0.05, 0.1) is 5.69 Å². The van der Waals surface area contributed by atoms with Gasteiger partial charge < -0.3 is 0 Å². The smallest absolute Gasteiger partial charge is 0.128 e. The van der Waals surface area contributed by atoms with E-state index in [-0.39, 0.29) is 0 Å². The van der Waals surface area contributed by atoms with Gasteiger partial charge in [-0.25, -0.2) is 9.97 Å². The van der Waals surface area contributed by atoms with Crippen molar-refractivity contribution in [2.75, 3.05) is 6.54 Å². The Bertz CT molecular complexity index is 901. The van der Waals surface area contributed by atoms with E-state index in [0.717, 1.165) is 50.4 Å². The quantitative estimate of drug-likeness (QED) is 0.680. The van der Waals surface area contributed by atoms with E-state index < -0.39 is 0 Å². The highest BCUT2D eigenvalue weighted by molar-refractivity contribution is 5.59. The molecule has 0 bridgehead atoms. The maximum Gasteiger partial charge on any atom is 0.128 e. The van der Waals surface area contributed by atoms with Crippen molar-refractivity contribution < 1.29 is 0 Å². The van der Waals surface area contributed by atoms with Crippen LogP contribution in [0.2, 0.25) is 0 Å². The zero-order chi connectivity index (χ0) is 18.6. The third kappa shape index (κ3) is 4.22. The van der Waals surface area contributed by atoms with Crippen molar-refractivity contribution >= 4 is 0 Å². The topological polar surface area (TPSA) is 41.9 Å². The first-order valence-electron chi connectivity index (χ1n) is 9.79. The van der Waals surface area contributed by atoms with E-state index in [1.54, 1.807) is 0 Å². The number of benzene rings is 1. The van der Waals surface area contributed by atoms with Gasteiger partial charge in [-0.1, -0.05) is 42.8 Å². The summed E-state index contributed by atoms with van der Waals surface area (Å²) in [7, 11) is 0. The van der Waals surface area contributed by atoms with E-state index in [1.807, 2.05) is 12.4 Å². The Labute approximate surface area is 161 Å². The van der Waals surface area contributed by atoms with Gasteiger partial charge in [-0.3, -0.25) is 9.88 Å². The summed E-state index contributed by atoms with van der Waals surface area (Å²) in [6.45, 7) is 7.14. The Balaban J connectivity index is 1.42. The van der Waals surface area contributed by atoms with Crippen LogP contribution in [-0.4, -0.2) is 26.4 Å². The molecule has 0 fully saturated rings. The van der Waals surface area contributed by atoms with Gasteiger partial charge in [0.25, 0.3) is 0 Å². The molecule has 0 spiro atoms.